The molecule has 0 unspecified atom stereocenters. The number of carbonyl (C=O) groups excluding carboxylic acids is 1. The summed E-state index contributed by atoms with van der Waals surface area (Å²) in [6, 6.07) is 6.33. The van der Waals surface area contributed by atoms with Crippen molar-refractivity contribution in [2.45, 2.75) is 32.4 Å². The summed E-state index contributed by atoms with van der Waals surface area (Å²) in [7, 11) is 0. The Morgan fingerprint density at radius 2 is 1.89 bits per heavy atom. The number of pyridine rings is 2. The molecule has 0 saturated carbocycles. The van der Waals surface area contributed by atoms with Gasteiger partial charge in [0.25, 0.3) is 5.56 Å². The van der Waals surface area contributed by atoms with Gasteiger partial charge in [-0.25, -0.2) is 13.8 Å². The lowest BCUT2D eigenvalue weighted by Crippen LogP contribution is -2.53. The van der Waals surface area contributed by atoms with Gasteiger partial charge in [-0.15, -0.1) is 0 Å². The van der Waals surface area contributed by atoms with E-state index in [0.29, 0.717) is 43.8 Å². The summed E-state index contributed by atoms with van der Waals surface area (Å²) in [4.78, 5) is 36.0. The second-order valence-electron chi connectivity index (χ2n) is 9.92. The molecule has 2 aromatic heterocycles. The highest BCUT2D eigenvalue weighted by Gasteiger charge is 2.29. The van der Waals surface area contributed by atoms with Gasteiger partial charge in [-0.05, 0) is 57.1 Å². The summed E-state index contributed by atoms with van der Waals surface area (Å²) < 4.78 is 31.8. The lowest BCUT2D eigenvalue weighted by molar-refractivity contribution is -0.126. The Morgan fingerprint density at radius 3 is 2.58 bits per heavy atom. The number of anilines is 1. The van der Waals surface area contributed by atoms with E-state index in [2.05, 4.69) is 16.5 Å². The molecule has 1 amide bonds. The van der Waals surface area contributed by atoms with Gasteiger partial charge in [-0.2, -0.15) is 0 Å². The molecule has 5 rings (SSSR count). The van der Waals surface area contributed by atoms with Gasteiger partial charge in [0.2, 0.25) is 5.91 Å². The molecule has 1 N–H and O–H groups in total. The van der Waals surface area contributed by atoms with Gasteiger partial charge in [0.15, 0.2) is 5.82 Å². The van der Waals surface area contributed by atoms with Crippen LogP contribution in [-0.2, 0) is 11.3 Å². The fourth-order valence-corrected chi connectivity index (χ4v) is 5.52. The van der Waals surface area contributed by atoms with E-state index in [9.17, 15) is 19.1 Å². The third-order valence-corrected chi connectivity index (χ3v) is 7.50. The molecule has 10 heteroatoms. The monoisotopic (exact) mass is 523 g/mol. The standard InChI is InChI=1S/C28H31F2N5O3/c1-3-24(37)33-12-14-34(18(2)17-33)22-16-25(38)35(13-11-32-9-4-5-10-32)28-19(22)15-21(30)27(31-28)26-20(29)7-6-8-23(26)36/h3,6-8,15-16,18,36H,1,4-5,9-14,17H2,2H3/t18-/m0/s1. The lowest BCUT2D eigenvalue weighted by Gasteiger charge is -2.41. The van der Waals surface area contributed by atoms with Crippen LogP contribution in [-0.4, -0.2) is 75.7 Å². The summed E-state index contributed by atoms with van der Waals surface area (Å²) in [5.74, 6) is -2.22. The number of aromatic nitrogens is 2. The van der Waals surface area contributed by atoms with Crippen molar-refractivity contribution in [1.82, 2.24) is 19.4 Å². The van der Waals surface area contributed by atoms with Crippen molar-refractivity contribution in [3.63, 3.8) is 0 Å². The number of nitrogens with zero attached hydrogens (tertiary/aromatic N) is 5. The first-order valence-corrected chi connectivity index (χ1v) is 12.9. The van der Waals surface area contributed by atoms with Crippen LogP contribution in [0.1, 0.15) is 19.8 Å². The average Bonchev–Trinajstić information content (AvgIpc) is 3.41. The number of fused-ring (bicyclic) bond motifs is 1. The predicted molar refractivity (Wildman–Crippen MR) is 142 cm³/mol. The van der Waals surface area contributed by atoms with Crippen LogP contribution in [0.4, 0.5) is 14.5 Å². The second kappa shape index (κ2) is 10.5. The maximum absolute atomic E-state index is 15.6. The zero-order valence-electron chi connectivity index (χ0n) is 21.4. The molecule has 3 aromatic rings. The van der Waals surface area contributed by atoms with E-state index in [1.165, 1.54) is 34.9 Å². The van der Waals surface area contributed by atoms with Gasteiger partial charge in [0.05, 0.1) is 11.3 Å². The van der Waals surface area contributed by atoms with Crippen molar-refractivity contribution in [2.24, 2.45) is 0 Å². The summed E-state index contributed by atoms with van der Waals surface area (Å²) in [6.45, 7) is 9.64. The van der Waals surface area contributed by atoms with Crippen LogP contribution in [0.2, 0.25) is 0 Å². The normalized spacial score (nSPS) is 18.3. The van der Waals surface area contributed by atoms with Crippen LogP contribution >= 0.6 is 0 Å². The minimum absolute atomic E-state index is 0.158. The van der Waals surface area contributed by atoms with Crippen molar-refractivity contribution in [3.8, 4) is 17.0 Å². The quantitative estimate of drug-likeness (QED) is 0.499. The minimum atomic E-state index is -0.811. The van der Waals surface area contributed by atoms with Gasteiger partial charge in [-0.1, -0.05) is 12.6 Å². The second-order valence-corrected chi connectivity index (χ2v) is 9.92. The number of hydrogen-bond donors (Lipinski definition) is 1. The molecule has 2 saturated heterocycles. The van der Waals surface area contributed by atoms with Gasteiger partial charge < -0.3 is 19.8 Å². The third kappa shape index (κ3) is 4.76. The highest BCUT2D eigenvalue weighted by atomic mass is 19.1. The highest BCUT2D eigenvalue weighted by molar-refractivity contribution is 5.92. The Hall–Kier alpha value is -3.79. The van der Waals surface area contributed by atoms with E-state index in [1.54, 1.807) is 4.90 Å². The molecule has 38 heavy (non-hydrogen) atoms. The molecule has 8 nitrogen and oxygen atoms in total. The van der Waals surface area contributed by atoms with Gasteiger partial charge in [0.1, 0.15) is 22.9 Å². The number of benzene rings is 1. The summed E-state index contributed by atoms with van der Waals surface area (Å²) in [5, 5.41) is 10.7. The third-order valence-electron chi connectivity index (χ3n) is 7.50. The molecule has 200 valence electrons. The van der Waals surface area contributed by atoms with E-state index in [1.807, 2.05) is 11.8 Å². The highest BCUT2D eigenvalue weighted by Crippen LogP contribution is 2.36. The van der Waals surface area contributed by atoms with Crippen molar-refractivity contribution in [2.75, 3.05) is 44.2 Å². The number of aromatic hydroxyl groups is 1. The smallest absolute Gasteiger partial charge is 0.254 e. The van der Waals surface area contributed by atoms with E-state index in [0.717, 1.165) is 32.0 Å². The molecule has 2 aliphatic rings. The zero-order valence-corrected chi connectivity index (χ0v) is 21.4. The molecule has 2 fully saturated rings. The van der Waals surface area contributed by atoms with Gasteiger partial charge >= 0.3 is 0 Å². The summed E-state index contributed by atoms with van der Waals surface area (Å²) in [5.41, 5.74) is -0.264. The van der Waals surface area contributed by atoms with Crippen molar-refractivity contribution >= 4 is 22.6 Å². The molecule has 2 aliphatic heterocycles. The van der Waals surface area contributed by atoms with E-state index in [-0.39, 0.29) is 34.4 Å². The Labute approximate surface area is 219 Å². The first kappa shape index (κ1) is 25.8. The van der Waals surface area contributed by atoms with E-state index in [4.69, 9.17) is 0 Å². The number of likely N-dealkylation sites (tertiary alicyclic amines) is 1. The van der Waals surface area contributed by atoms with Gasteiger partial charge in [-0.3, -0.25) is 14.2 Å². The Bertz CT molecular complexity index is 1430. The van der Waals surface area contributed by atoms with Crippen LogP contribution in [0.15, 0.2) is 47.8 Å². The molecule has 1 atom stereocenters. The predicted octanol–water partition coefficient (Wildman–Crippen LogP) is 3.37. The molecule has 0 spiro atoms. The number of halogens is 2. The number of amides is 1. The number of hydrogen-bond acceptors (Lipinski definition) is 6. The number of carbonyl (C=O) groups is 1. The molecule has 1 aromatic carbocycles. The molecular weight excluding hydrogens is 492 g/mol. The Morgan fingerprint density at radius 1 is 1.13 bits per heavy atom. The molecule has 0 radical (unpaired) electrons. The Kier molecular flexibility index (Phi) is 7.16. The van der Waals surface area contributed by atoms with Crippen LogP contribution in [0.25, 0.3) is 22.3 Å². The average molecular weight is 524 g/mol. The topological polar surface area (TPSA) is 81.9 Å². The summed E-state index contributed by atoms with van der Waals surface area (Å²) in [6.07, 6.45) is 3.48. The Balaban J connectivity index is 1.64. The zero-order chi connectivity index (χ0) is 27.0. The molecular formula is C28H31F2N5O3. The largest absolute Gasteiger partial charge is 0.507 e. The van der Waals surface area contributed by atoms with Crippen LogP contribution in [0.5, 0.6) is 5.75 Å². The van der Waals surface area contributed by atoms with Crippen LogP contribution in [0.3, 0.4) is 0 Å². The van der Waals surface area contributed by atoms with E-state index < -0.39 is 17.4 Å². The minimum Gasteiger partial charge on any atom is -0.507 e. The molecule has 0 bridgehead atoms. The van der Waals surface area contributed by atoms with Crippen LogP contribution < -0.4 is 10.5 Å². The van der Waals surface area contributed by atoms with Crippen LogP contribution in [0, 0.1) is 11.6 Å². The number of phenols is 1. The molecule has 0 aliphatic carbocycles. The first-order valence-electron chi connectivity index (χ1n) is 12.9. The van der Waals surface area contributed by atoms with Crippen molar-refractivity contribution in [3.05, 3.63) is 65.0 Å². The number of rotatable bonds is 6. The maximum atomic E-state index is 15.6. The molecule has 4 heterocycles. The van der Waals surface area contributed by atoms with Crippen molar-refractivity contribution in [1.29, 1.82) is 0 Å². The fraction of sp³-hybridized carbons (Fsp3) is 0.393. The summed E-state index contributed by atoms with van der Waals surface area (Å²) >= 11 is 0. The first-order chi connectivity index (χ1) is 18.3. The maximum Gasteiger partial charge on any atom is 0.254 e. The SMILES string of the molecule is C=CC(=O)N1CCN(c2cc(=O)n(CCN3CCCC3)c3nc(-c4c(O)cccc4F)c(F)cc23)[C@@H](C)C1. The van der Waals surface area contributed by atoms with Crippen molar-refractivity contribution < 1.29 is 18.7 Å². The fourth-order valence-electron chi connectivity index (χ4n) is 5.52. The number of phenolic OH excluding ortho intramolecular Hbond substituents is 1. The van der Waals surface area contributed by atoms with E-state index >= 15 is 4.39 Å². The number of piperazine rings is 1. The lowest BCUT2D eigenvalue weighted by atomic mass is 10.1. The van der Waals surface area contributed by atoms with Gasteiger partial charge in [0, 0.05) is 50.2 Å².